The SMILES string of the molecule is Cc1c(F)cccc1CC(=N)N. The van der Waals surface area contributed by atoms with E-state index in [4.69, 9.17) is 11.1 Å². The molecule has 1 rings (SSSR count). The Labute approximate surface area is 70.7 Å². The minimum atomic E-state index is -0.242. The molecule has 0 aromatic heterocycles. The summed E-state index contributed by atoms with van der Waals surface area (Å²) in [6, 6.07) is 4.80. The maximum absolute atomic E-state index is 12.9. The third-order valence-corrected chi connectivity index (χ3v) is 1.76. The summed E-state index contributed by atoms with van der Waals surface area (Å²) >= 11 is 0. The highest BCUT2D eigenvalue weighted by atomic mass is 19.1. The van der Waals surface area contributed by atoms with E-state index in [0.717, 1.165) is 5.56 Å². The predicted octanol–water partition coefficient (Wildman–Crippen LogP) is 1.61. The molecule has 0 bridgehead atoms. The Morgan fingerprint density at radius 3 is 2.83 bits per heavy atom. The lowest BCUT2D eigenvalue weighted by atomic mass is 10.1. The van der Waals surface area contributed by atoms with Crippen molar-refractivity contribution in [1.82, 2.24) is 0 Å². The quantitative estimate of drug-likeness (QED) is 0.509. The van der Waals surface area contributed by atoms with Crippen molar-refractivity contribution in [2.75, 3.05) is 0 Å². The molecule has 0 spiro atoms. The lowest BCUT2D eigenvalue weighted by Crippen LogP contribution is -2.13. The van der Waals surface area contributed by atoms with Gasteiger partial charge < -0.3 is 5.73 Å². The molecule has 0 amide bonds. The number of nitrogens with two attached hydrogens (primary N) is 1. The molecule has 0 heterocycles. The Hall–Kier alpha value is -1.38. The first-order chi connectivity index (χ1) is 5.61. The highest BCUT2D eigenvalue weighted by Gasteiger charge is 2.03. The summed E-state index contributed by atoms with van der Waals surface area (Å²) in [6.07, 6.45) is 0.323. The molecule has 0 aliphatic heterocycles. The van der Waals surface area contributed by atoms with Crippen LogP contribution in [0.15, 0.2) is 18.2 Å². The molecule has 0 aliphatic rings. The number of benzene rings is 1. The fourth-order valence-electron chi connectivity index (χ4n) is 1.05. The van der Waals surface area contributed by atoms with Gasteiger partial charge in [0.05, 0.1) is 5.84 Å². The smallest absolute Gasteiger partial charge is 0.126 e. The van der Waals surface area contributed by atoms with Crippen molar-refractivity contribution >= 4 is 5.84 Å². The van der Waals surface area contributed by atoms with Gasteiger partial charge in [-0.15, -0.1) is 0 Å². The van der Waals surface area contributed by atoms with Crippen molar-refractivity contribution in [1.29, 1.82) is 5.41 Å². The van der Waals surface area contributed by atoms with E-state index in [1.807, 2.05) is 0 Å². The van der Waals surface area contributed by atoms with E-state index in [0.29, 0.717) is 12.0 Å². The van der Waals surface area contributed by atoms with Gasteiger partial charge in [-0.1, -0.05) is 12.1 Å². The van der Waals surface area contributed by atoms with Crippen LogP contribution in [-0.4, -0.2) is 5.84 Å². The Kier molecular flexibility index (Phi) is 2.43. The van der Waals surface area contributed by atoms with Crippen molar-refractivity contribution in [2.24, 2.45) is 5.73 Å². The van der Waals surface area contributed by atoms with Crippen LogP contribution in [0.2, 0.25) is 0 Å². The van der Waals surface area contributed by atoms with Gasteiger partial charge >= 0.3 is 0 Å². The van der Waals surface area contributed by atoms with Gasteiger partial charge in [-0.05, 0) is 24.1 Å². The van der Waals surface area contributed by atoms with E-state index in [9.17, 15) is 4.39 Å². The van der Waals surface area contributed by atoms with E-state index in [1.165, 1.54) is 6.07 Å². The van der Waals surface area contributed by atoms with Crippen molar-refractivity contribution < 1.29 is 4.39 Å². The van der Waals surface area contributed by atoms with Crippen molar-refractivity contribution in [3.8, 4) is 0 Å². The maximum atomic E-state index is 12.9. The maximum Gasteiger partial charge on any atom is 0.126 e. The Morgan fingerprint density at radius 1 is 1.58 bits per heavy atom. The minimum absolute atomic E-state index is 0.0590. The molecule has 2 nitrogen and oxygen atoms in total. The first-order valence-electron chi connectivity index (χ1n) is 3.68. The van der Waals surface area contributed by atoms with Crippen molar-refractivity contribution in [3.63, 3.8) is 0 Å². The van der Waals surface area contributed by atoms with Gasteiger partial charge in [-0.3, -0.25) is 5.41 Å². The number of amidine groups is 1. The Balaban J connectivity index is 3.00. The molecule has 0 unspecified atom stereocenters. The zero-order valence-electron chi connectivity index (χ0n) is 6.89. The van der Waals surface area contributed by atoms with Crippen molar-refractivity contribution in [2.45, 2.75) is 13.3 Å². The van der Waals surface area contributed by atoms with Crippen LogP contribution in [0.1, 0.15) is 11.1 Å². The number of rotatable bonds is 2. The second kappa shape index (κ2) is 3.34. The third-order valence-electron chi connectivity index (χ3n) is 1.76. The minimum Gasteiger partial charge on any atom is -0.387 e. The summed E-state index contributed by atoms with van der Waals surface area (Å²) in [6.45, 7) is 1.69. The summed E-state index contributed by atoms with van der Waals surface area (Å²) in [5.41, 5.74) is 6.56. The first-order valence-corrected chi connectivity index (χ1v) is 3.68. The second-order valence-electron chi connectivity index (χ2n) is 2.73. The van der Waals surface area contributed by atoms with Crippen LogP contribution in [0, 0.1) is 18.2 Å². The lowest BCUT2D eigenvalue weighted by molar-refractivity contribution is 0.616. The standard InChI is InChI=1S/C9H11FN2/c1-6-7(5-9(11)12)3-2-4-8(6)10/h2-4H,5H2,1H3,(H3,11,12). The predicted molar refractivity (Wildman–Crippen MR) is 46.8 cm³/mol. The molecule has 0 saturated carbocycles. The van der Waals surface area contributed by atoms with Gasteiger partial charge in [0, 0.05) is 6.42 Å². The summed E-state index contributed by atoms with van der Waals surface area (Å²) in [5, 5.41) is 7.05. The zero-order chi connectivity index (χ0) is 9.14. The Bertz CT molecular complexity index is 307. The monoisotopic (exact) mass is 166 g/mol. The molecule has 0 saturated heterocycles. The van der Waals surface area contributed by atoms with Gasteiger partial charge in [0.2, 0.25) is 0 Å². The normalized spacial score (nSPS) is 9.83. The topological polar surface area (TPSA) is 49.9 Å². The first kappa shape index (κ1) is 8.71. The fourth-order valence-corrected chi connectivity index (χ4v) is 1.05. The average molecular weight is 166 g/mol. The van der Waals surface area contributed by atoms with E-state index in [-0.39, 0.29) is 11.7 Å². The third kappa shape index (κ3) is 1.81. The summed E-state index contributed by atoms with van der Waals surface area (Å²) in [4.78, 5) is 0. The summed E-state index contributed by atoms with van der Waals surface area (Å²) in [7, 11) is 0. The van der Waals surface area contributed by atoms with Crippen LogP contribution >= 0.6 is 0 Å². The van der Waals surface area contributed by atoms with Crippen LogP contribution in [-0.2, 0) is 6.42 Å². The van der Waals surface area contributed by atoms with Gasteiger partial charge in [-0.2, -0.15) is 0 Å². The number of nitrogens with one attached hydrogen (secondary N) is 1. The Morgan fingerprint density at radius 2 is 2.25 bits per heavy atom. The molecule has 64 valence electrons. The molecule has 12 heavy (non-hydrogen) atoms. The fraction of sp³-hybridized carbons (Fsp3) is 0.222. The number of hydrogen-bond donors (Lipinski definition) is 2. The molecule has 0 fully saturated rings. The highest BCUT2D eigenvalue weighted by Crippen LogP contribution is 2.11. The molecule has 1 aromatic carbocycles. The molecule has 1 aromatic rings. The zero-order valence-corrected chi connectivity index (χ0v) is 6.89. The number of hydrogen-bond acceptors (Lipinski definition) is 1. The van der Waals surface area contributed by atoms with E-state index in [2.05, 4.69) is 0 Å². The molecule has 0 radical (unpaired) electrons. The molecule has 3 heteroatoms. The highest BCUT2D eigenvalue weighted by molar-refractivity contribution is 5.79. The van der Waals surface area contributed by atoms with Crippen LogP contribution < -0.4 is 5.73 Å². The second-order valence-corrected chi connectivity index (χ2v) is 2.73. The summed E-state index contributed by atoms with van der Waals surface area (Å²) < 4.78 is 12.9. The van der Waals surface area contributed by atoms with Crippen LogP contribution in [0.25, 0.3) is 0 Å². The van der Waals surface area contributed by atoms with E-state index in [1.54, 1.807) is 19.1 Å². The molecular weight excluding hydrogens is 155 g/mol. The molecule has 3 N–H and O–H groups in total. The van der Waals surface area contributed by atoms with Gasteiger partial charge in [0.1, 0.15) is 5.82 Å². The van der Waals surface area contributed by atoms with Gasteiger partial charge in [0.15, 0.2) is 0 Å². The average Bonchev–Trinajstić information content (AvgIpc) is 1.98. The van der Waals surface area contributed by atoms with Crippen LogP contribution in [0.5, 0.6) is 0 Å². The molecular formula is C9H11FN2. The van der Waals surface area contributed by atoms with Crippen molar-refractivity contribution in [3.05, 3.63) is 35.1 Å². The molecule has 0 aliphatic carbocycles. The molecule has 0 atom stereocenters. The van der Waals surface area contributed by atoms with Gasteiger partial charge in [0.25, 0.3) is 0 Å². The van der Waals surface area contributed by atoms with Crippen LogP contribution in [0.3, 0.4) is 0 Å². The number of halogens is 1. The van der Waals surface area contributed by atoms with E-state index < -0.39 is 0 Å². The van der Waals surface area contributed by atoms with E-state index >= 15 is 0 Å². The van der Waals surface area contributed by atoms with Crippen LogP contribution in [0.4, 0.5) is 4.39 Å². The summed E-state index contributed by atoms with van der Waals surface area (Å²) in [5.74, 6) is -0.183. The van der Waals surface area contributed by atoms with Gasteiger partial charge in [-0.25, -0.2) is 4.39 Å². The largest absolute Gasteiger partial charge is 0.387 e. The lowest BCUT2D eigenvalue weighted by Gasteiger charge is -2.04.